The highest BCUT2D eigenvalue weighted by Crippen LogP contribution is 2.17. The van der Waals surface area contributed by atoms with E-state index in [1.54, 1.807) is 11.9 Å². The molecule has 1 rings (SSSR count). The zero-order valence-corrected chi connectivity index (χ0v) is 10.0. The molecule has 0 spiro atoms. The maximum Gasteiger partial charge on any atom is 0.239 e. The Morgan fingerprint density at radius 2 is 2.00 bits per heavy atom. The molecule has 1 aliphatic rings. The third-order valence-electron chi connectivity index (χ3n) is 3.18. The Kier molecular flexibility index (Phi) is 4.73. The molecular weight excluding hydrogens is 206 g/mol. The molecule has 0 unspecified atom stereocenters. The second kappa shape index (κ2) is 5.84. The van der Waals surface area contributed by atoms with Gasteiger partial charge in [-0.1, -0.05) is 6.92 Å². The molecule has 0 aliphatic carbocycles. The van der Waals surface area contributed by atoms with Crippen molar-refractivity contribution in [1.29, 1.82) is 0 Å². The standard InChI is InChI=1S/C11H21N3O2/c1-3-9(12)11(16)14-6-4-8(5-7-14)10(15)13-2/h8-9H,3-7,12H2,1-2H3,(H,13,15)/t9-/m0/s1. The van der Waals surface area contributed by atoms with E-state index in [-0.39, 0.29) is 17.7 Å². The minimum absolute atomic E-state index is 0.0119. The fraction of sp³-hybridized carbons (Fsp3) is 0.818. The lowest BCUT2D eigenvalue weighted by Crippen LogP contribution is -2.48. The number of rotatable bonds is 3. The summed E-state index contributed by atoms with van der Waals surface area (Å²) in [5, 5.41) is 2.65. The Morgan fingerprint density at radius 3 is 2.44 bits per heavy atom. The summed E-state index contributed by atoms with van der Waals surface area (Å²) in [7, 11) is 1.65. The first kappa shape index (κ1) is 13.0. The van der Waals surface area contributed by atoms with E-state index in [9.17, 15) is 9.59 Å². The predicted octanol–water partition coefficient (Wildman–Crippen LogP) is -0.292. The quantitative estimate of drug-likeness (QED) is 0.695. The summed E-state index contributed by atoms with van der Waals surface area (Å²) >= 11 is 0. The Labute approximate surface area is 96.4 Å². The summed E-state index contributed by atoms with van der Waals surface area (Å²) in [5.74, 6) is 0.136. The van der Waals surface area contributed by atoms with Gasteiger partial charge in [0.15, 0.2) is 0 Å². The molecule has 0 aromatic rings. The molecule has 3 N–H and O–H groups in total. The fourth-order valence-corrected chi connectivity index (χ4v) is 1.98. The monoisotopic (exact) mass is 227 g/mol. The van der Waals surface area contributed by atoms with E-state index in [2.05, 4.69) is 5.32 Å². The van der Waals surface area contributed by atoms with Crippen molar-refractivity contribution in [2.24, 2.45) is 11.7 Å². The van der Waals surface area contributed by atoms with E-state index < -0.39 is 6.04 Å². The van der Waals surface area contributed by atoms with Crippen LogP contribution in [0.25, 0.3) is 0 Å². The van der Waals surface area contributed by atoms with E-state index in [1.165, 1.54) is 0 Å². The molecule has 1 heterocycles. The normalized spacial score (nSPS) is 19.3. The molecule has 0 radical (unpaired) electrons. The lowest BCUT2D eigenvalue weighted by Gasteiger charge is -2.32. The Balaban J connectivity index is 2.43. The second-order valence-electron chi connectivity index (χ2n) is 4.23. The molecule has 5 heteroatoms. The maximum atomic E-state index is 11.8. The van der Waals surface area contributed by atoms with Crippen LogP contribution in [0, 0.1) is 5.92 Å². The van der Waals surface area contributed by atoms with Gasteiger partial charge in [-0.25, -0.2) is 0 Å². The summed E-state index contributed by atoms with van der Waals surface area (Å²) in [5.41, 5.74) is 5.70. The van der Waals surface area contributed by atoms with Crippen molar-refractivity contribution in [3.05, 3.63) is 0 Å². The van der Waals surface area contributed by atoms with Crippen molar-refractivity contribution in [2.45, 2.75) is 32.2 Å². The number of nitrogens with zero attached hydrogens (tertiary/aromatic N) is 1. The number of nitrogens with one attached hydrogen (secondary N) is 1. The molecule has 0 aromatic carbocycles. The van der Waals surface area contributed by atoms with E-state index in [0.717, 1.165) is 12.8 Å². The van der Waals surface area contributed by atoms with Crippen LogP contribution in [-0.2, 0) is 9.59 Å². The van der Waals surface area contributed by atoms with Crippen LogP contribution in [0.4, 0.5) is 0 Å². The number of piperidine rings is 1. The molecule has 2 amide bonds. The number of nitrogens with two attached hydrogens (primary N) is 1. The molecule has 1 saturated heterocycles. The van der Waals surface area contributed by atoms with Gasteiger partial charge >= 0.3 is 0 Å². The third-order valence-corrected chi connectivity index (χ3v) is 3.18. The molecule has 1 aliphatic heterocycles. The molecule has 16 heavy (non-hydrogen) atoms. The van der Waals surface area contributed by atoms with Gasteiger partial charge in [0.05, 0.1) is 6.04 Å². The predicted molar refractivity (Wildman–Crippen MR) is 61.6 cm³/mol. The molecule has 5 nitrogen and oxygen atoms in total. The van der Waals surface area contributed by atoms with Gasteiger partial charge in [0, 0.05) is 26.1 Å². The van der Waals surface area contributed by atoms with Gasteiger partial charge in [-0.2, -0.15) is 0 Å². The highest BCUT2D eigenvalue weighted by Gasteiger charge is 2.28. The number of hydrogen-bond acceptors (Lipinski definition) is 3. The first-order valence-corrected chi connectivity index (χ1v) is 5.86. The van der Waals surface area contributed by atoms with Gasteiger partial charge in [0.1, 0.15) is 0 Å². The summed E-state index contributed by atoms with van der Waals surface area (Å²) in [6.45, 7) is 3.19. The van der Waals surface area contributed by atoms with Crippen molar-refractivity contribution in [3.8, 4) is 0 Å². The minimum atomic E-state index is -0.392. The van der Waals surface area contributed by atoms with Gasteiger partial charge in [0.25, 0.3) is 0 Å². The number of carbonyl (C=O) groups is 2. The maximum absolute atomic E-state index is 11.8. The lowest BCUT2D eigenvalue weighted by atomic mass is 9.95. The molecule has 0 saturated carbocycles. The first-order chi connectivity index (χ1) is 7.60. The zero-order chi connectivity index (χ0) is 12.1. The van der Waals surface area contributed by atoms with Crippen molar-refractivity contribution in [1.82, 2.24) is 10.2 Å². The smallest absolute Gasteiger partial charge is 0.239 e. The first-order valence-electron chi connectivity index (χ1n) is 5.86. The summed E-state index contributed by atoms with van der Waals surface area (Å²) in [6, 6.07) is -0.392. The van der Waals surface area contributed by atoms with Crippen molar-refractivity contribution < 1.29 is 9.59 Å². The van der Waals surface area contributed by atoms with E-state index in [0.29, 0.717) is 19.5 Å². The highest BCUT2D eigenvalue weighted by molar-refractivity contribution is 5.82. The van der Waals surface area contributed by atoms with Crippen LogP contribution < -0.4 is 11.1 Å². The van der Waals surface area contributed by atoms with Gasteiger partial charge in [-0.3, -0.25) is 9.59 Å². The van der Waals surface area contributed by atoms with Crippen LogP contribution >= 0.6 is 0 Å². The van der Waals surface area contributed by atoms with E-state index in [4.69, 9.17) is 5.73 Å². The number of likely N-dealkylation sites (tertiary alicyclic amines) is 1. The van der Waals surface area contributed by atoms with Crippen LogP contribution in [0.5, 0.6) is 0 Å². The number of hydrogen-bond donors (Lipinski definition) is 2. The van der Waals surface area contributed by atoms with E-state index >= 15 is 0 Å². The zero-order valence-electron chi connectivity index (χ0n) is 10.0. The van der Waals surface area contributed by atoms with Crippen molar-refractivity contribution >= 4 is 11.8 Å². The number of amides is 2. The van der Waals surface area contributed by atoms with Gasteiger partial charge < -0.3 is 16.0 Å². The Bertz CT molecular complexity index is 260. The molecule has 0 bridgehead atoms. The molecule has 92 valence electrons. The van der Waals surface area contributed by atoms with Crippen LogP contribution in [-0.4, -0.2) is 42.9 Å². The molecular formula is C11H21N3O2. The summed E-state index contributed by atoms with van der Waals surface area (Å²) in [6.07, 6.45) is 2.14. The third kappa shape index (κ3) is 2.95. The SMILES string of the molecule is CC[C@H](N)C(=O)N1CCC(C(=O)NC)CC1. The van der Waals surface area contributed by atoms with Crippen LogP contribution in [0.3, 0.4) is 0 Å². The number of carbonyl (C=O) groups excluding carboxylic acids is 2. The van der Waals surface area contributed by atoms with Gasteiger partial charge in [0.2, 0.25) is 11.8 Å². The van der Waals surface area contributed by atoms with Gasteiger partial charge in [-0.05, 0) is 19.3 Å². The average Bonchev–Trinajstić information content (AvgIpc) is 2.36. The van der Waals surface area contributed by atoms with Crippen molar-refractivity contribution in [2.75, 3.05) is 20.1 Å². The van der Waals surface area contributed by atoms with Crippen molar-refractivity contribution in [3.63, 3.8) is 0 Å². The average molecular weight is 227 g/mol. The van der Waals surface area contributed by atoms with Crippen LogP contribution in [0.1, 0.15) is 26.2 Å². The summed E-state index contributed by atoms with van der Waals surface area (Å²) in [4.78, 5) is 24.9. The minimum Gasteiger partial charge on any atom is -0.359 e. The highest BCUT2D eigenvalue weighted by atomic mass is 16.2. The fourth-order valence-electron chi connectivity index (χ4n) is 1.98. The topological polar surface area (TPSA) is 75.4 Å². The molecule has 1 atom stereocenters. The largest absolute Gasteiger partial charge is 0.359 e. The lowest BCUT2D eigenvalue weighted by molar-refractivity contribution is -0.136. The van der Waals surface area contributed by atoms with Crippen LogP contribution in [0.15, 0.2) is 0 Å². The van der Waals surface area contributed by atoms with Gasteiger partial charge in [-0.15, -0.1) is 0 Å². The van der Waals surface area contributed by atoms with E-state index in [1.807, 2.05) is 6.92 Å². The molecule has 0 aromatic heterocycles. The van der Waals surface area contributed by atoms with Crippen LogP contribution in [0.2, 0.25) is 0 Å². The Hall–Kier alpha value is -1.10. The second-order valence-corrected chi connectivity index (χ2v) is 4.23. The Morgan fingerprint density at radius 1 is 1.44 bits per heavy atom. The molecule has 1 fully saturated rings. The summed E-state index contributed by atoms with van der Waals surface area (Å²) < 4.78 is 0.